The minimum atomic E-state index is -0.728. The Kier molecular flexibility index (Phi) is 7.76. The SMILES string of the molecule is Cc1cc2nc(C)n(COC(=O)C(C)(C)C)c(=O)c2cc1CNc1ccc(C(=O)OC(C)(C)C)c(F)c1. The van der Waals surface area contributed by atoms with Crippen LogP contribution in [0.25, 0.3) is 10.9 Å². The van der Waals surface area contributed by atoms with Crippen LogP contribution in [0.4, 0.5) is 10.1 Å². The van der Waals surface area contributed by atoms with Gasteiger partial charge in [-0.2, -0.15) is 0 Å². The van der Waals surface area contributed by atoms with Crippen molar-refractivity contribution in [2.24, 2.45) is 5.41 Å². The Morgan fingerprint density at radius 1 is 1.05 bits per heavy atom. The number of rotatable bonds is 6. The Hall–Kier alpha value is -3.75. The minimum absolute atomic E-state index is 0.142. The van der Waals surface area contributed by atoms with E-state index >= 15 is 0 Å². The van der Waals surface area contributed by atoms with Crippen LogP contribution in [0.1, 0.15) is 68.9 Å². The van der Waals surface area contributed by atoms with Gasteiger partial charge in [-0.05, 0) is 96.8 Å². The van der Waals surface area contributed by atoms with E-state index in [2.05, 4.69) is 10.3 Å². The fraction of sp³-hybridized carbons (Fsp3) is 0.429. The first-order valence-electron chi connectivity index (χ1n) is 12.0. The number of hydrogen-bond donors (Lipinski definition) is 1. The van der Waals surface area contributed by atoms with Gasteiger partial charge >= 0.3 is 11.9 Å². The van der Waals surface area contributed by atoms with Crippen LogP contribution >= 0.6 is 0 Å². The first-order chi connectivity index (χ1) is 17.1. The number of aromatic nitrogens is 2. The van der Waals surface area contributed by atoms with Crippen LogP contribution in [0, 0.1) is 25.1 Å². The first-order valence-corrected chi connectivity index (χ1v) is 12.0. The third kappa shape index (κ3) is 6.72. The molecule has 37 heavy (non-hydrogen) atoms. The number of ether oxygens (including phenoxy) is 2. The van der Waals surface area contributed by atoms with Gasteiger partial charge < -0.3 is 14.8 Å². The summed E-state index contributed by atoms with van der Waals surface area (Å²) in [5.41, 5.74) is 0.831. The van der Waals surface area contributed by atoms with Crippen molar-refractivity contribution in [1.29, 1.82) is 0 Å². The van der Waals surface area contributed by atoms with Crippen molar-refractivity contribution in [2.45, 2.75) is 74.3 Å². The van der Waals surface area contributed by atoms with Crippen LogP contribution in [0.15, 0.2) is 35.1 Å². The molecule has 198 valence electrons. The van der Waals surface area contributed by atoms with Crippen molar-refractivity contribution in [3.8, 4) is 0 Å². The largest absolute Gasteiger partial charge is 0.456 e. The topological polar surface area (TPSA) is 99.5 Å². The fourth-order valence-electron chi connectivity index (χ4n) is 3.53. The number of anilines is 1. The number of aryl methyl sites for hydroxylation is 2. The number of nitrogens with zero attached hydrogens (tertiary/aromatic N) is 2. The summed E-state index contributed by atoms with van der Waals surface area (Å²) >= 11 is 0. The lowest BCUT2D eigenvalue weighted by molar-refractivity contribution is -0.157. The molecule has 0 atom stereocenters. The number of halogens is 1. The van der Waals surface area contributed by atoms with Gasteiger partial charge in [0.2, 0.25) is 0 Å². The third-order valence-corrected chi connectivity index (χ3v) is 5.61. The molecule has 0 amide bonds. The van der Waals surface area contributed by atoms with Crippen molar-refractivity contribution < 1.29 is 23.5 Å². The van der Waals surface area contributed by atoms with Crippen LogP contribution in [-0.4, -0.2) is 27.1 Å². The summed E-state index contributed by atoms with van der Waals surface area (Å²) in [6.45, 7) is 14.0. The highest BCUT2D eigenvalue weighted by Gasteiger charge is 2.24. The number of benzene rings is 2. The number of carbonyl (C=O) groups is 2. The predicted molar refractivity (Wildman–Crippen MR) is 140 cm³/mol. The normalized spacial score (nSPS) is 11.9. The van der Waals surface area contributed by atoms with Gasteiger partial charge in [0.1, 0.15) is 17.2 Å². The zero-order valence-corrected chi connectivity index (χ0v) is 22.6. The van der Waals surface area contributed by atoms with Crippen molar-refractivity contribution in [2.75, 3.05) is 5.32 Å². The molecule has 0 fully saturated rings. The molecular formula is C28H34FN3O5. The summed E-state index contributed by atoms with van der Waals surface area (Å²) in [6, 6.07) is 7.76. The summed E-state index contributed by atoms with van der Waals surface area (Å²) < 4.78 is 26.5. The highest BCUT2D eigenvalue weighted by molar-refractivity contribution is 5.90. The molecule has 0 aliphatic carbocycles. The summed E-state index contributed by atoms with van der Waals surface area (Å²) in [4.78, 5) is 42.1. The van der Waals surface area contributed by atoms with Crippen LogP contribution in [-0.2, 0) is 27.5 Å². The van der Waals surface area contributed by atoms with Gasteiger partial charge in [-0.15, -0.1) is 0 Å². The Morgan fingerprint density at radius 2 is 1.73 bits per heavy atom. The summed E-state index contributed by atoms with van der Waals surface area (Å²) in [5, 5.41) is 3.51. The zero-order valence-electron chi connectivity index (χ0n) is 22.6. The smallest absolute Gasteiger partial charge is 0.341 e. The van der Waals surface area contributed by atoms with Crippen molar-refractivity contribution >= 4 is 28.5 Å². The van der Waals surface area contributed by atoms with Gasteiger partial charge in [0.15, 0.2) is 6.73 Å². The Bertz CT molecular complexity index is 1410. The monoisotopic (exact) mass is 511 g/mol. The molecule has 3 aromatic rings. The lowest BCUT2D eigenvalue weighted by Crippen LogP contribution is -2.30. The number of hydrogen-bond acceptors (Lipinski definition) is 7. The molecule has 1 aromatic heterocycles. The van der Waals surface area contributed by atoms with Crippen molar-refractivity contribution in [3.05, 3.63) is 69.0 Å². The average Bonchev–Trinajstić information content (AvgIpc) is 2.75. The maximum Gasteiger partial charge on any atom is 0.341 e. The molecule has 2 aromatic carbocycles. The van der Waals surface area contributed by atoms with Crippen LogP contribution in [0.2, 0.25) is 0 Å². The molecule has 0 aliphatic rings. The molecular weight excluding hydrogens is 477 g/mol. The molecule has 0 saturated heterocycles. The molecule has 0 unspecified atom stereocenters. The second-order valence-electron chi connectivity index (χ2n) is 11.0. The standard InChI is InChI=1S/C28H34FN3O5/c1-16-11-23-21(24(33)32(17(2)31-23)15-36-26(35)27(3,4)5)12-18(16)14-30-19-9-10-20(22(29)13-19)25(34)37-28(6,7)8/h9-13,30H,14-15H2,1-8H3. The number of esters is 2. The first kappa shape index (κ1) is 27.8. The van der Waals surface area contributed by atoms with E-state index in [4.69, 9.17) is 9.47 Å². The number of carbonyl (C=O) groups excluding carboxylic acids is 2. The van der Waals surface area contributed by atoms with Gasteiger partial charge in [0, 0.05) is 12.2 Å². The van der Waals surface area contributed by atoms with Crippen molar-refractivity contribution in [3.63, 3.8) is 0 Å². The number of fused-ring (bicyclic) bond motifs is 1. The van der Waals surface area contributed by atoms with Crippen LogP contribution in [0.3, 0.4) is 0 Å². The van der Waals surface area contributed by atoms with Gasteiger partial charge in [-0.1, -0.05) is 0 Å². The molecule has 9 heteroatoms. The molecule has 0 aliphatic heterocycles. The van der Waals surface area contributed by atoms with Gasteiger partial charge in [-0.3, -0.25) is 14.2 Å². The lowest BCUT2D eigenvalue weighted by Gasteiger charge is -2.20. The van der Waals surface area contributed by atoms with E-state index in [1.54, 1.807) is 60.6 Å². The fourth-order valence-corrected chi connectivity index (χ4v) is 3.53. The van der Waals surface area contributed by atoms with E-state index in [0.717, 1.165) is 11.1 Å². The average molecular weight is 512 g/mol. The summed E-state index contributed by atoms with van der Waals surface area (Å²) in [5.74, 6) is -1.40. The molecule has 0 bridgehead atoms. The van der Waals surface area contributed by atoms with E-state index in [1.807, 2.05) is 13.0 Å². The predicted octanol–water partition coefficient (Wildman–Crippen LogP) is 5.27. The van der Waals surface area contributed by atoms with E-state index in [-0.39, 0.29) is 17.9 Å². The highest BCUT2D eigenvalue weighted by Crippen LogP contribution is 2.22. The zero-order chi connectivity index (χ0) is 27.7. The van der Waals surface area contributed by atoms with Crippen molar-refractivity contribution in [1.82, 2.24) is 9.55 Å². The van der Waals surface area contributed by atoms with E-state index in [0.29, 0.717) is 29.0 Å². The second-order valence-corrected chi connectivity index (χ2v) is 11.0. The third-order valence-electron chi connectivity index (χ3n) is 5.61. The Labute approximate surface area is 215 Å². The molecule has 1 N–H and O–H groups in total. The van der Waals surface area contributed by atoms with E-state index < -0.39 is 28.8 Å². The van der Waals surface area contributed by atoms with E-state index in [9.17, 15) is 18.8 Å². The highest BCUT2D eigenvalue weighted by atomic mass is 19.1. The van der Waals surface area contributed by atoms with Gasteiger partial charge in [-0.25, -0.2) is 14.2 Å². The van der Waals surface area contributed by atoms with Gasteiger partial charge in [0.25, 0.3) is 5.56 Å². The lowest BCUT2D eigenvalue weighted by atomic mass is 9.98. The van der Waals surface area contributed by atoms with Crippen LogP contribution in [0.5, 0.6) is 0 Å². The molecule has 8 nitrogen and oxygen atoms in total. The molecule has 3 rings (SSSR count). The van der Waals surface area contributed by atoms with Crippen LogP contribution < -0.4 is 10.9 Å². The minimum Gasteiger partial charge on any atom is -0.456 e. The quantitative estimate of drug-likeness (QED) is 0.450. The summed E-state index contributed by atoms with van der Waals surface area (Å²) in [7, 11) is 0. The Balaban J connectivity index is 1.83. The molecule has 0 saturated carbocycles. The molecule has 0 spiro atoms. The molecule has 1 heterocycles. The maximum atomic E-state index is 14.6. The van der Waals surface area contributed by atoms with E-state index in [1.165, 1.54) is 16.7 Å². The maximum absolute atomic E-state index is 14.6. The number of nitrogens with one attached hydrogen (secondary N) is 1. The van der Waals surface area contributed by atoms with Gasteiger partial charge in [0.05, 0.1) is 21.9 Å². The molecule has 0 radical (unpaired) electrons. The Morgan fingerprint density at radius 3 is 2.32 bits per heavy atom. The second kappa shape index (κ2) is 10.3. The summed E-state index contributed by atoms with van der Waals surface area (Å²) in [6.07, 6.45) is 0.